The fourth-order valence-corrected chi connectivity index (χ4v) is 4.45. The molecule has 1 unspecified atom stereocenters. The van der Waals surface area contributed by atoms with Crippen LogP contribution in [0.3, 0.4) is 0 Å². The molecule has 3 heterocycles. The predicted molar refractivity (Wildman–Crippen MR) is 122 cm³/mol. The van der Waals surface area contributed by atoms with Crippen molar-refractivity contribution in [1.29, 1.82) is 0 Å². The number of aliphatic hydroxyl groups is 1. The number of nitrogens with one attached hydrogen (secondary N) is 2. The summed E-state index contributed by atoms with van der Waals surface area (Å²) >= 11 is 6.29. The molecule has 2 aromatic heterocycles. The highest BCUT2D eigenvalue weighted by molar-refractivity contribution is 6.35. The zero-order valence-corrected chi connectivity index (χ0v) is 17.3. The van der Waals surface area contributed by atoms with Gasteiger partial charge in [0.25, 0.3) is 0 Å². The number of ether oxygens (including phenoxy) is 1. The van der Waals surface area contributed by atoms with Crippen LogP contribution in [0.5, 0.6) is 5.75 Å². The van der Waals surface area contributed by atoms with E-state index in [1.807, 2.05) is 48.8 Å². The van der Waals surface area contributed by atoms with E-state index in [0.717, 1.165) is 52.1 Å². The fourth-order valence-electron chi connectivity index (χ4n) is 4.22. The second-order valence-corrected chi connectivity index (χ2v) is 8.17. The number of halogens is 1. The van der Waals surface area contributed by atoms with Crippen LogP contribution in [-0.4, -0.2) is 52.3 Å². The lowest BCUT2D eigenvalue weighted by molar-refractivity contribution is 0.0722. The topological polar surface area (TPSA) is 64.3 Å². The molecular weight excluding hydrogens is 398 g/mol. The van der Waals surface area contributed by atoms with Gasteiger partial charge < -0.3 is 19.8 Å². The summed E-state index contributed by atoms with van der Waals surface area (Å²) in [5, 5.41) is 13.4. The second-order valence-electron chi connectivity index (χ2n) is 7.76. The van der Waals surface area contributed by atoms with Gasteiger partial charge in [-0.2, -0.15) is 0 Å². The van der Waals surface area contributed by atoms with Gasteiger partial charge in [-0.1, -0.05) is 35.9 Å². The molecule has 0 bridgehead atoms. The van der Waals surface area contributed by atoms with Crippen LogP contribution < -0.4 is 4.74 Å². The summed E-state index contributed by atoms with van der Waals surface area (Å²) in [6.07, 6.45) is 6.59. The first kappa shape index (κ1) is 19.2. The van der Waals surface area contributed by atoms with E-state index in [2.05, 4.69) is 27.0 Å². The van der Waals surface area contributed by atoms with Crippen LogP contribution in [0.2, 0.25) is 5.02 Å². The van der Waals surface area contributed by atoms with Crippen molar-refractivity contribution in [1.82, 2.24) is 14.9 Å². The second kappa shape index (κ2) is 8.19. The number of H-pyrrole nitrogens is 2. The number of aromatic nitrogens is 2. The summed E-state index contributed by atoms with van der Waals surface area (Å²) in [7, 11) is 0. The van der Waals surface area contributed by atoms with Gasteiger partial charge in [-0.15, -0.1) is 0 Å². The predicted octanol–water partition coefficient (Wildman–Crippen LogP) is 4.83. The SMILES string of the molecule is OC(COc1cccc2[nH]ccc12)CN1CC=C(c2c[nH]c3c(Cl)cccc23)CC1. The molecule has 5 rings (SSSR count). The minimum Gasteiger partial charge on any atom is -0.490 e. The summed E-state index contributed by atoms with van der Waals surface area (Å²) < 4.78 is 5.89. The Morgan fingerprint density at radius 2 is 2.00 bits per heavy atom. The summed E-state index contributed by atoms with van der Waals surface area (Å²) in [6, 6.07) is 13.9. The number of hydrogen-bond acceptors (Lipinski definition) is 3. The number of rotatable bonds is 6. The van der Waals surface area contributed by atoms with Crippen LogP contribution in [0.25, 0.3) is 27.4 Å². The molecule has 5 nitrogen and oxygen atoms in total. The molecule has 0 fully saturated rings. The molecule has 30 heavy (non-hydrogen) atoms. The Morgan fingerprint density at radius 3 is 2.87 bits per heavy atom. The van der Waals surface area contributed by atoms with Crippen molar-refractivity contribution in [2.75, 3.05) is 26.2 Å². The minimum absolute atomic E-state index is 0.276. The molecule has 6 heteroatoms. The molecular formula is C24H24ClN3O2. The molecule has 2 aromatic carbocycles. The molecule has 0 saturated carbocycles. The van der Waals surface area contributed by atoms with E-state index in [-0.39, 0.29) is 6.61 Å². The van der Waals surface area contributed by atoms with Gasteiger partial charge in [0.2, 0.25) is 0 Å². The van der Waals surface area contributed by atoms with Gasteiger partial charge in [-0.25, -0.2) is 0 Å². The lowest BCUT2D eigenvalue weighted by Gasteiger charge is -2.28. The number of nitrogens with zero attached hydrogens (tertiary/aromatic N) is 1. The molecule has 4 aromatic rings. The van der Waals surface area contributed by atoms with Crippen molar-refractivity contribution in [3.05, 3.63) is 71.5 Å². The summed E-state index contributed by atoms with van der Waals surface area (Å²) in [5.41, 5.74) is 4.57. The van der Waals surface area contributed by atoms with Crippen molar-refractivity contribution in [2.45, 2.75) is 12.5 Å². The number of hydrogen-bond donors (Lipinski definition) is 3. The molecule has 0 amide bonds. The zero-order chi connectivity index (χ0) is 20.5. The van der Waals surface area contributed by atoms with Crippen LogP contribution in [0, 0.1) is 0 Å². The van der Waals surface area contributed by atoms with E-state index >= 15 is 0 Å². The van der Waals surface area contributed by atoms with Crippen molar-refractivity contribution in [2.24, 2.45) is 0 Å². The maximum absolute atomic E-state index is 10.5. The van der Waals surface area contributed by atoms with Crippen molar-refractivity contribution < 1.29 is 9.84 Å². The maximum Gasteiger partial charge on any atom is 0.128 e. The molecule has 0 aliphatic carbocycles. The first-order valence-electron chi connectivity index (χ1n) is 10.2. The van der Waals surface area contributed by atoms with E-state index in [1.54, 1.807) is 0 Å². The number of β-amino-alcohol motifs (C(OH)–C–C–N with tert-alkyl or cyclic N) is 1. The van der Waals surface area contributed by atoms with E-state index in [4.69, 9.17) is 16.3 Å². The molecule has 1 aliphatic heterocycles. The first-order valence-corrected chi connectivity index (χ1v) is 10.6. The Bertz CT molecular complexity index is 1210. The molecule has 3 N–H and O–H groups in total. The Morgan fingerprint density at radius 1 is 1.10 bits per heavy atom. The van der Waals surface area contributed by atoms with Gasteiger partial charge in [-0.05, 0) is 36.3 Å². The average Bonchev–Trinajstić information content (AvgIpc) is 3.41. The molecule has 0 spiro atoms. The Kier molecular flexibility index (Phi) is 5.25. The van der Waals surface area contributed by atoms with Gasteiger partial charge in [0.1, 0.15) is 18.5 Å². The highest BCUT2D eigenvalue weighted by Gasteiger charge is 2.19. The van der Waals surface area contributed by atoms with Crippen molar-refractivity contribution in [3.8, 4) is 5.75 Å². The third-order valence-electron chi connectivity index (χ3n) is 5.76. The average molecular weight is 422 g/mol. The minimum atomic E-state index is -0.541. The van der Waals surface area contributed by atoms with Crippen LogP contribution in [0.1, 0.15) is 12.0 Å². The Balaban J connectivity index is 1.20. The number of fused-ring (bicyclic) bond motifs is 2. The van der Waals surface area contributed by atoms with Gasteiger partial charge in [0, 0.05) is 53.9 Å². The third kappa shape index (κ3) is 3.72. The highest BCUT2D eigenvalue weighted by Crippen LogP contribution is 2.32. The van der Waals surface area contributed by atoms with Crippen molar-refractivity contribution in [3.63, 3.8) is 0 Å². The standard InChI is InChI=1S/C24H24ClN3O2/c25-21-4-1-3-18-20(13-27-24(18)21)16-8-11-28(12-9-16)14-17(29)15-30-23-6-2-5-22-19(23)7-10-26-22/h1-8,10,13,17,26-27,29H,9,11-12,14-15H2. The fraction of sp³-hybridized carbons (Fsp3) is 0.250. The van der Waals surface area contributed by atoms with E-state index in [1.165, 1.54) is 11.1 Å². The van der Waals surface area contributed by atoms with Gasteiger partial charge in [-0.3, -0.25) is 4.90 Å². The molecule has 154 valence electrons. The van der Waals surface area contributed by atoms with Crippen LogP contribution in [0.15, 0.2) is 60.9 Å². The van der Waals surface area contributed by atoms with Crippen LogP contribution in [0.4, 0.5) is 0 Å². The molecule has 0 saturated heterocycles. The third-order valence-corrected chi connectivity index (χ3v) is 6.07. The van der Waals surface area contributed by atoms with E-state index in [0.29, 0.717) is 6.54 Å². The molecule has 0 radical (unpaired) electrons. The summed E-state index contributed by atoms with van der Waals surface area (Å²) in [5.74, 6) is 0.798. The zero-order valence-electron chi connectivity index (χ0n) is 16.6. The molecule has 1 aliphatic rings. The van der Waals surface area contributed by atoms with E-state index < -0.39 is 6.10 Å². The normalized spacial score (nSPS) is 16.1. The van der Waals surface area contributed by atoms with E-state index in [9.17, 15) is 5.11 Å². The van der Waals surface area contributed by atoms with Crippen molar-refractivity contribution >= 4 is 39.0 Å². The quantitative estimate of drug-likeness (QED) is 0.417. The lowest BCUT2D eigenvalue weighted by Crippen LogP contribution is -2.38. The molecule has 1 atom stereocenters. The highest BCUT2D eigenvalue weighted by atomic mass is 35.5. The smallest absolute Gasteiger partial charge is 0.128 e. The number of para-hydroxylation sites is 1. The Labute approximate surface area is 179 Å². The number of aromatic amines is 2. The first-order chi connectivity index (χ1) is 14.7. The lowest BCUT2D eigenvalue weighted by atomic mass is 9.99. The van der Waals surface area contributed by atoms with Gasteiger partial charge >= 0.3 is 0 Å². The summed E-state index contributed by atoms with van der Waals surface area (Å²) in [6.45, 7) is 2.58. The van der Waals surface area contributed by atoms with Crippen LogP contribution >= 0.6 is 11.6 Å². The monoisotopic (exact) mass is 421 g/mol. The number of benzene rings is 2. The number of aliphatic hydroxyl groups excluding tert-OH is 1. The van der Waals surface area contributed by atoms with Gasteiger partial charge in [0.05, 0.1) is 10.5 Å². The maximum atomic E-state index is 10.5. The van der Waals surface area contributed by atoms with Gasteiger partial charge in [0.15, 0.2) is 0 Å². The largest absolute Gasteiger partial charge is 0.490 e. The Hall–Kier alpha value is -2.73. The summed E-state index contributed by atoms with van der Waals surface area (Å²) in [4.78, 5) is 8.73. The van der Waals surface area contributed by atoms with Crippen LogP contribution in [-0.2, 0) is 0 Å².